The number of nitrogens with one attached hydrogen (secondary N) is 1. The summed E-state index contributed by atoms with van der Waals surface area (Å²) in [6.45, 7) is 7.94. The third-order valence-corrected chi connectivity index (χ3v) is 2.73. The highest BCUT2D eigenvalue weighted by atomic mass is 16.5. The maximum Gasteiger partial charge on any atom is 0.124 e. The molecule has 100 valence electrons. The Morgan fingerprint density at radius 3 is 2.89 bits per heavy atom. The van der Waals surface area contributed by atoms with Gasteiger partial charge < -0.3 is 14.8 Å². The van der Waals surface area contributed by atoms with Crippen LogP contribution in [0.15, 0.2) is 36.9 Å². The largest absolute Gasteiger partial charge is 0.489 e. The summed E-state index contributed by atoms with van der Waals surface area (Å²) in [6, 6.07) is 8.50. The molecule has 0 heterocycles. The molecule has 0 aromatic heterocycles. The molecule has 1 atom stereocenters. The maximum atomic E-state index is 5.62. The summed E-state index contributed by atoms with van der Waals surface area (Å²) in [5.41, 5.74) is 1.17. The Morgan fingerprint density at radius 2 is 2.17 bits per heavy atom. The molecule has 1 N–H and O–H groups in total. The molecule has 1 rings (SSSR count). The van der Waals surface area contributed by atoms with E-state index in [4.69, 9.17) is 9.47 Å². The standard InChI is InChI=1S/C15H23NO2/c1-4-10-18-15-8-6-5-7-14(15)12-16-13(2)9-11-17-3/h4-8,13,16H,1,9-12H2,2-3H3. The van der Waals surface area contributed by atoms with Gasteiger partial charge in [-0.2, -0.15) is 0 Å². The fraction of sp³-hybridized carbons (Fsp3) is 0.467. The lowest BCUT2D eigenvalue weighted by Crippen LogP contribution is -2.26. The van der Waals surface area contributed by atoms with Crippen molar-refractivity contribution in [1.82, 2.24) is 5.32 Å². The van der Waals surface area contributed by atoms with Gasteiger partial charge in [0.25, 0.3) is 0 Å². The monoisotopic (exact) mass is 249 g/mol. The summed E-state index contributed by atoms with van der Waals surface area (Å²) in [5, 5.41) is 3.46. The van der Waals surface area contributed by atoms with Gasteiger partial charge in [-0.1, -0.05) is 30.9 Å². The first-order valence-electron chi connectivity index (χ1n) is 6.31. The normalized spacial score (nSPS) is 12.1. The Hall–Kier alpha value is -1.32. The van der Waals surface area contributed by atoms with Crippen LogP contribution in [-0.4, -0.2) is 26.4 Å². The Balaban J connectivity index is 2.47. The molecule has 0 aliphatic carbocycles. The summed E-state index contributed by atoms with van der Waals surface area (Å²) in [6.07, 6.45) is 2.76. The molecule has 0 amide bonds. The lowest BCUT2D eigenvalue weighted by molar-refractivity contribution is 0.184. The van der Waals surface area contributed by atoms with Crippen LogP contribution < -0.4 is 10.1 Å². The molecule has 0 radical (unpaired) electrons. The molecule has 0 fully saturated rings. The van der Waals surface area contributed by atoms with E-state index in [0.717, 1.165) is 25.3 Å². The van der Waals surface area contributed by atoms with Gasteiger partial charge in [-0.3, -0.25) is 0 Å². The van der Waals surface area contributed by atoms with Crippen molar-refractivity contribution >= 4 is 0 Å². The SMILES string of the molecule is C=CCOc1ccccc1CNC(C)CCOC. The Morgan fingerprint density at radius 1 is 1.39 bits per heavy atom. The first-order chi connectivity index (χ1) is 8.77. The van der Waals surface area contributed by atoms with Crippen LogP contribution in [0.2, 0.25) is 0 Å². The van der Waals surface area contributed by atoms with Crippen LogP contribution >= 0.6 is 0 Å². The molecule has 0 aliphatic heterocycles. The second kappa shape index (κ2) is 8.72. The van der Waals surface area contributed by atoms with Gasteiger partial charge in [-0.25, -0.2) is 0 Å². The fourth-order valence-corrected chi connectivity index (χ4v) is 1.62. The highest BCUT2D eigenvalue weighted by Crippen LogP contribution is 2.17. The summed E-state index contributed by atoms with van der Waals surface area (Å²) in [7, 11) is 1.73. The molecule has 0 bridgehead atoms. The van der Waals surface area contributed by atoms with Crippen molar-refractivity contribution in [3.63, 3.8) is 0 Å². The second-order valence-corrected chi connectivity index (χ2v) is 4.27. The average molecular weight is 249 g/mol. The van der Waals surface area contributed by atoms with Gasteiger partial charge in [0.15, 0.2) is 0 Å². The molecule has 0 saturated heterocycles. The van der Waals surface area contributed by atoms with Crippen LogP contribution in [0.4, 0.5) is 0 Å². The number of methoxy groups -OCH3 is 1. The zero-order valence-electron chi connectivity index (χ0n) is 11.3. The molecule has 3 heteroatoms. The highest BCUT2D eigenvalue weighted by Gasteiger charge is 2.05. The number of benzene rings is 1. The second-order valence-electron chi connectivity index (χ2n) is 4.27. The zero-order chi connectivity index (χ0) is 13.2. The smallest absolute Gasteiger partial charge is 0.124 e. The molecule has 3 nitrogen and oxygen atoms in total. The van der Waals surface area contributed by atoms with E-state index in [1.54, 1.807) is 13.2 Å². The van der Waals surface area contributed by atoms with Gasteiger partial charge in [0.1, 0.15) is 12.4 Å². The highest BCUT2D eigenvalue weighted by molar-refractivity contribution is 5.33. The molecule has 1 aromatic rings. The minimum absolute atomic E-state index is 0.428. The first-order valence-corrected chi connectivity index (χ1v) is 6.31. The van der Waals surface area contributed by atoms with E-state index in [1.165, 1.54) is 5.56 Å². The molecule has 0 spiro atoms. The van der Waals surface area contributed by atoms with E-state index in [0.29, 0.717) is 12.6 Å². The van der Waals surface area contributed by atoms with Crippen LogP contribution in [0, 0.1) is 0 Å². The Bertz CT molecular complexity index is 352. The van der Waals surface area contributed by atoms with Crippen molar-refractivity contribution in [2.75, 3.05) is 20.3 Å². The van der Waals surface area contributed by atoms with Gasteiger partial charge in [-0.15, -0.1) is 0 Å². The van der Waals surface area contributed by atoms with Crippen LogP contribution in [0.5, 0.6) is 5.75 Å². The molecule has 1 unspecified atom stereocenters. The van der Waals surface area contributed by atoms with Crippen molar-refractivity contribution < 1.29 is 9.47 Å². The maximum absolute atomic E-state index is 5.62. The van der Waals surface area contributed by atoms with E-state index in [9.17, 15) is 0 Å². The van der Waals surface area contributed by atoms with Crippen molar-refractivity contribution in [2.24, 2.45) is 0 Å². The van der Waals surface area contributed by atoms with E-state index in [-0.39, 0.29) is 0 Å². The fourth-order valence-electron chi connectivity index (χ4n) is 1.62. The third kappa shape index (κ3) is 5.34. The van der Waals surface area contributed by atoms with Crippen molar-refractivity contribution in [3.8, 4) is 5.75 Å². The van der Waals surface area contributed by atoms with E-state index in [1.807, 2.05) is 18.2 Å². The van der Waals surface area contributed by atoms with Crippen molar-refractivity contribution in [1.29, 1.82) is 0 Å². The lowest BCUT2D eigenvalue weighted by Gasteiger charge is -2.15. The number of hydrogen-bond acceptors (Lipinski definition) is 3. The number of rotatable bonds is 9. The van der Waals surface area contributed by atoms with E-state index in [2.05, 4.69) is 24.9 Å². The van der Waals surface area contributed by atoms with Gasteiger partial charge >= 0.3 is 0 Å². The molecule has 1 aromatic carbocycles. The molecule has 18 heavy (non-hydrogen) atoms. The van der Waals surface area contributed by atoms with Crippen LogP contribution in [0.25, 0.3) is 0 Å². The number of hydrogen-bond donors (Lipinski definition) is 1. The molecule has 0 saturated carbocycles. The lowest BCUT2D eigenvalue weighted by atomic mass is 10.1. The first kappa shape index (κ1) is 14.7. The average Bonchev–Trinajstić information content (AvgIpc) is 2.41. The Kier molecular flexibility index (Phi) is 7.14. The van der Waals surface area contributed by atoms with E-state index >= 15 is 0 Å². The Labute approximate surface area is 110 Å². The molecular weight excluding hydrogens is 226 g/mol. The van der Waals surface area contributed by atoms with Gasteiger partial charge in [-0.05, 0) is 19.4 Å². The minimum atomic E-state index is 0.428. The van der Waals surface area contributed by atoms with Crippen LogP contribution in [0.1, 0.15) is 18.9 Å². The van der Waals surface area contributed by atoms with Crippen molar-refractivity contribution in [3.05, 3.63) is 42.5 Å². The minimum Gasteiger partial charge on any atom is -0.489 e. The van der Waals surface area contributed by atoms with Gasteiger partial charge in [0, 0.05) is 31.9 Å². The van der Waals surface area contributed by atoms with Crippen LogP contribution in [-0.2, 0) is 11.3 Å². The van der Waals surface area contributed by atoms with Gasteiger partial charge in [0.2, 0.25) is 0 Å². The summed E-state index contributed by atoms with van der Waals surface area (Å²) >= 11 is 0. The summed E-state index contributed by atoms with van der Waals surface area (Å²) in [5.74, 6) is 0.920. The number of ether oxygens (including phenoxy) is 2. The third-order valence-electron chi connectivity index (χ3n) is 2.73. The van der Waals surface area contributed by atoms with Crippen LogP contribution in [0.3, 0.4) is 0 Å². The predicted octanol–water partition coefficient (Wildman–Crippen LogP) is 2.77. The molecule has 0 aliphatic rings. The predicted molar refractivity (Wildman–Crippen MR) is 74.9 cm³/mol. The summed E-state index contributed by atoms with van der Waals surface area (Å²) < 4.78 is 10.7. The molecular formula is C15H23NO2. The summed E-state index contributed by atoms with van der Waals surface area (Å²) in [4.78, 5) is 0. The number of para-hydroxylation sites is 1. The quantitative estimate of drug-likeness (QED) is 0.683. The van der Waals surface area contributed by atoms with E-state index < -0.39 is 0 Å². The van der Waals surface area contributed by atoms with Crippen molar-refractivity contribution in [2.45, 2.75) is 25.9 Å². The zero-order valence-corrected chi connectivity index (χ0v) is 11.3. The van der Waals surface area contributed by atoms with Gasteiger partial charge in [0.05, 0.1) is 0 Å². The topological polar surface area (TPSA) is 30.5 Å².